The van der Waals surface area contributed by atoms with Crippen molar-refractivity contribution in [3.05, 3.63) is 23.8 Å². The molecule has 0 aliphatic carbocycles. The molecule has 0 aromatic heterocycles. The summed E-state index contributed by atoms with van der Waals surface area (Å²) in [6.07, 6.45) is 1.85. The first-order valence-electron chi connectivity index (χ1n) is 6.90. The van der Waals surface area contributed by atoms with Gasteiger partial charge in [-0.1, -0.05) is 13.8 Å². The number of hydrogen-bond acceptors (Lipinski definition) is 3. The molecule has 1 amide bonds. The average Bonchev–Trinajstić information content (AvgIpc) is 2.43. The van der Waals surface area contributed by atoms with Crippen LogP contribution in [0.1, 0.15) is 44.0 Å². The van der Waals surface area contributed by atoms with Crippen molar-refractivity contribution >= 4 is 5.91 Å². The first-order chi connectivity index (χ1) is 9.22. The fourth-order valence-electron chi connectivity index (χ4n) is 1.57. The molecule has 1 N–H and O–H groups in total. The lowest BCUT2D eigenvalue weighted by atomic mass is 10.2. The summed E-state index contributed by atoms with van der Waals surface area (Å²) in [4.78, 5) is 11.8. The summed E-state index contributed by atoms with van der Waals surface area (Å²) in [6, 6.07) is 5.30. The average molecular weight is 265 g/mol. The van der Waals surface area contributed by atoms with Crippen molar-refractivity contribution in [2.45, 2.75) is 33.6 Å². The first kappa shape index (κ1) is 15.3. The topological polar surface area (TPSA) is 47.6 Å². The van der Waals surface area contributed by atoms with Crippen LogP contribution in [0.3, 0.4) is 0 Å². The molecule has 0 saturated carbocycles. The molecule has 19 heavy (non-hydrogen) atoms. The van der Waals surface area contributed by atoms with Gasteiger partial charge in [-0.25, -0.2) is 0 Å². The van der Waals surface area contributed by atoms with E-state index in [4.69, 9.17) is 9.47 Å². The van der Waals surface area contributed by atoms with Gasteiger partial charge in [0, 0.05) is 12.1 Å². The van der Waals surface area contributed by atoms with E-state index in [0.717, 1.165) is 12.8 Å². The molecule has 0 fully saturated rings. The molecular formula is C15H23NO3. The van der Waals surface area contributed by atoms with Gasteiger partial charge < -0.3 is 14.8 Å². The number of benzene rings is 1. The molecule has 0 saturated heterocycles. The molecule has 0 aliphatic rings. The van der Waals surface area contributed by atoms with Gasteiger partial charge in [0.15, 0.2) is 11.5 Å². The number of nitrogens with one attached hydrogen (secondary N) is 1. The number of amides is 1. The number of carbonyl (C=O) groups is 1. The van der Waals surface area contributed by atoms with Crippen LogP contribution in [0, 0.1) is 0 Å². The first-order valence-corrected chi connectivity index (χ1v) is 6.90. The molecule has 1 aromatic rings. The zero-order chi connectivity index (χ0) is 14.1. The molecule has 0 aliphatic heterocycles. The summed E-state index contributed by atoms with van der Waals surface area (Å²) in [5, 5.41) is 2.77. The molecule has 0 bridgehead atoms. The Bertz CT molecular complexity index is 404. The summed E-state index contributed by atoms with van der Waals surface area (Å²) >= 11 is 0. The Morgan fingerprint density at radius 3 is 2.26 bits per heavy atom. The van der Waals surface area contributed by atoms with Gasteiger partial charge in [-0.2, -0.15) is 0 Å². The van der Waals surface area contributed by atoms with E-state index in [1.807, 2.05) is 13.8 Å². The molecule has 1 aromatic carbocycles. The van der Waals surface area contributed by atoms with Crippen LogP contribution >= 0.6 is 0 Å². The van der Waals surface area contributed by atoms with Crippen LogP contribution in [-0.2, 0) is 0 Å². The lowest BCUT2D eigenvalue weighted by molar-refractivity contribution is 0.0955. The lowest BCUT2D eigenvalue weighted by Crippen LogP contribution is -2.22. The molecule has 0 atom stereocenters. The Morgan fingerprint density at radius 1 is 1.05 bits per heavy atom. The molecule has 1 rings (SSSR count). The predicted octanol–water partition coefficient (Wildman–Crippen LogP) is 3.01. The van der Waals surface area contributed by atoms with E-state index in [1.165, 1.54) is 0 Å². The molecule has 0 unspecified atom stereocenters. The Morgan fingerprint density at radius 2 is 1.68 bits per heavy atom. The fourth-order valence-corrected chi connectivity index (χ4v) is 1.57. The van der Waals surface area contributed by atoms with Gasteiger partial charge in [0.1, 0.15) is 0 Å². The van der Waals surface area contributed by atoms with Crippen LogP contribution in [0.2, 0.25) is 0 Å². The summed E-state index contributed by atoms with van der Waals surface area (Å²) in [5.74, 6) is 1.24. The van der Waals surface area contributed by atoms with E-state index < -0.39 is 0 Å². The quantitative estimate of drug-likeness (QED) is 0.786. The van der Waals surface area contributed by atoms with E-state index in [2.05, 4.69) is 12.2 Å². The van der Waals surface area contributed by atoms with E-state index >= 15 is 0 Å². The third kappa shape index (κ3) is 4.81. The molecule has 0 spiro atoms. The zero-order valence-electron chi connectivity index (χ0n) is 12.0. The third-order valence-electron chi connectivity index (χ3n) is 2.47. The Kier molecular flexibility index (Phi) is 6.79. The van der Waals surface area contributed by atoms with Crippen LogP contribution in [0.15, 0.2) is 18.2 Å². The van der Waals surface area contributed by atoms with Crippen molar-refractivity contribution in [1.29, 1.82) is 0 Å². The predicted molar refractivity (Wildman–Crippen MR) is 76.0 cm³/mol. The van der Waals surface area contributed by atoms with E-state index in [0.29, 0.717) is 36.8 Å². The van der Waals surface area contributed by atoms with E-state index in [-0.39, 0.29) is 5.91 Å². The Balaban J connectivity index is 2.89. The maximum Gasteiger partial charge on any atom is 0.251 e. The van der Waals surface area contributed by atoms with Crippen LogP contribution in [0.25, 0.3) is 0 Å². The van der Waals surface area contributed by atoms with E-state index in [9.17, 15) is 4.79 Å². The van der Waals surface area contributed by atoms with Gasteiger partial charge in [0.05, 0.1) is 13.2 Å². The second kappa shape index (κ2) is 8.40. The van der Waals surface area contributed by atoms with Gasteiger partial charge in [0.25, 0.3) is 5.91 Å². The maximum atomic E-state index is 11.8. The highest BCUT2D eigenvalue weighted by Crippen LogP contribution is 2.28. The molecule has 0 radical (unpaired) electrons. The van der Waals surface area contributed by atoms with E-state index in [1.54, 1.807) is 18.2 Å². The van der Waals surface area contributed by atoms with Crippen LogP contribution in [-0.4, -0.2) is 25.7 Å². The van der Waals surface area contributed by atoms with Crippen molar-refractivity contribution in [3.63, 3.8) is 0 Å². The summed E-state index contributed by atoms with van der Waals surface area (Å²) < 4.78 is 11.3. The number of rotatable bonds is 8. The summed E-state index contributed by atoms with van der Waals surface area (Å²) in [6.45, 7) is 7.85. The molecule has 4 heteroatoms. The second-order valence-corrected chi connectivity index (χ2v) is 4.22. The minimum Gasteiger partial charge on any atom is -0.490 e. The van der Waals surface area contributed by atoms with Gasteiger partial charge >= 0.3 is 0 Å². The van der Waals surface area contributed by atoms with Crippen molar-refractivity contribution in [2.24, 2.45) is 0 Å². The smallest absolute Gasteiger partial charge is 0.251 e. The Hall–Kier alpha value is -1.71. The molecule has 0 heterocycles. The fraction of sp³-hybridized carbons (Fsp3) is 0.533. The van der Waals surface area contributed by atoms with Crippen molar-refractivity contribution < 1.29 is 14.3 Å². The number of hydrogen-bond donors (Lipinski definition) is 1. The largest absolute Gasteiger partial charge is 0.490 e. The third-order valence-corrected chi connectivity index (χ3v) is 2.47. The van der Waals surface area contributed by atoms with Crippen molar-refractivity contribution in [1.82, 2.24) is 5.32 Å². The normalized spacial score (nSPS) is 10.1. The standard InChI is InChI=1S/C15H23NO3/c1-4-9-18-13-8-7-12(15(17)16-6-3)11-14(13)19-10-5-2/h7-8,11H,4-6,9-10H2,1-3H3,(H,16,17). The second-order valence-electron chi connectivity index (χ2n) is 4.22. The SMILES string of the molecule is CCCOc1ccc(C(=O)NCC)cc1OCCC. The highest BCUT2D eigenvalue weighted by molar-refractivity contribution is 5.94. The summed E-state index contributed by atoms with van der Waals surface area (Å²) in [7, 11) is 0. The highest BCUT2D eigenvalue weighted by atomic mass is 16.5. The minimum atomic E-state index is -0.0918. The highest BCUT2D eigenvalue weighted by Gasteiger charge is 2.11. The minimum absolute atomic E-state index is 0.0918. The van der Waals surface area contributed by atoms with Crippen LogP contribution in [0.5, 0.6) is 11.5 Å². The zero-order valence-corrected chi connectivity index (χ0v) is 12.0. The number of ether oxygens (including phenoxy) is 2. The number of carbonyl (C=O) groups excluding carboxylic acids is 1. The van der Waals surface area contributed by atoms with Crippen LogP contribution < -0.4 is 14.8 Å². The monoisotopic (exact) mass is 265 g/mol. The molecule has 106 valence electrons. The van der Waals surface area contributed by atoms with Gasteiger partial charge in [-0.3, -0.25) is 4.79 Å². The van der Waals surface area contributed by atoms with Crippen LogP contribution in [0.4, 0.5) is 0 Å². The molecule has 4 nitrogen and oxygen atoms in total. The van der Waals surface area contributed by atoms with Gasteiger partial charge in [-0.05, 0) is 38.0 Å². The van der Waals surface area contributed by atoms with Crippen molar-refractivity contribution in [3.8, 4) is 11.5 Å². The van der Waals surface area contributed by atoms with Gasteiger partial charge in [0.2, 0.25) is 0 Å². The van der Waals surface area contributed by atoms with Gasteiger partial charge in [-0.15, -0.1) is 0 Å². The summed E-state index contributed by atoms with van der Waals surface area (Å²) in [5.41, 5.74) is 0.594. The lowest BCUT2D eigenvalue weighted by Gasteiger charge is -2.13. The maximum absolute atomic E-state index is 11.8. The molecular weight excluding hydrogens is 242 g/mol. The van der Waals surface area contributed by atoms with Crippen molar-refractivity contribution in [2.75, 3.05) is 19.8 Å². The Labute approximate surface area is 115 Å².